The van der Waals surface area contributed by atoms with Gasteiger partial charge in [0, 0.05) is 0 Å². The summed E-state index contributed by atoms with van der Waals surface area (Å²) in [6, 6.07) is 0. The van der Waals surface area contributed by atoms with Crippen LogP contribution < -0.4 is 40.9 Å². The van der Waals surface area contributed by atoms with Crippen molar-refractivity contribution in [3.05, 3.63) is 33.4 Å². The molecule has 0 fully saturated rings. The van der Waals surface area contributed by atoms with Crippen LogP contribution in [0.15, 0.2) is 16.2 Å². The molecule has 0 aromatic carbocycles. The summed E-state index contributed by atoms with van der Waals surface area (Å²) in [5.74, 6) is 0.175. The van der Waals surface area contributed by atoms with Crippen molar-refractivity contribution >= 4 is 6.08 Å². The van der Waals surface area contributed by atoms with E-state index in [2.05, 4.69) is 16.5 Å². The van der Waals surface area contributed by atoms with Crippen LogP contribution in [0.25, 0.3) is 6.08 Å². The van der Waals surface area contributed by atoms with Crippen molar-refractivity contribution in [3.63, 3.8) is 0 Å². The Bertz CT molecular complexity index is 325. The van der Waals surface area contributed by atoms with Crippen LogP contribution in [0, 0.1) is 0 Å². The topological polar surface area (TPSA) is 78.6 Å². The second-order valence-electron chi connectivity index (χ2n) is 1.59. The van der Waals surface area contributed by atoms with Crippen LogP contribution in [0.1, 0.15) is 5.82 Å². The molecule has 0 unspecified atom stereocenters. The normalized spacial score (nSPS) is 8.36. The summed E-state index contributed by atoms with van der Waals surface area (Å²) in [7, 11) is 0. The maximum atomic E-state index is 10.5. The van der Waals surface area contributed by atoms with Crippen molar-refractivity contribution < 1.29 is 29.6 Å². The van der Waals surface area contributed by atoms with Gasteiger partial charge in [-0.05, 0) is 6.08 Å². The first kappa shape index (κ1) is 10.3. The summed E-state index contributed by atoms with van der Waals surface area (Å²) in [5.41, 5.74) is -1.24. The fraction of sp³-hybridized carbons (Fsp3) is 0. The van der Waals surface area contributed by atoms with Gasteiger partial charge in [-0.3, -0.25) is 9.97 Å². The van der Waals surface area contributed by atoms with Crippen molar-refractivity contribution in [2.75, 3.05) is 0 Å². The van der Waals surface area contributed by atoms with Gasteiger partial charge >= 0.3 is 40.9 Å². The molecule has 0 aliphatic rings. The summed E-state index contributed by atoms with van der Waals surface area (Å²) >= 11 is 0. The first-order valence-corrected chi connectivity index (χ1v) is 2.55. The van der Waals surface area contributed by atoms with Gasteiger partial charge in [-0.2, -0.15) is 4.98 Å². The molecule has 0 aliphatic carbocycles. The molecular weight excluding hydrogens is 157 g/mol. The number of rotatable bonds is 1. The summed E-state index contributed by atoms with van der Waals surface area (Å²) in [4.78, 5) is 28.5. The number of nitrogens with one attached hydrogen (secondary N) is 2. The molecule has 52 valence electrons. The zero-order chi connectivity index (χ0) is 7.56. The molecule has 0 aliphatic heterocycles. The maximum absolute atomic E-state index is 10.5. The van der Waals surface area contributed by atoms with Crippen LogP contribution in [-0.4, -0.2) is 15.0 Å². The van der Waals surface area contributed by atoms with Gasteiger partial charge in [0.2, 0.25) is 0 Å². The van der Waals surface area contributed by atoms with Crippen molar-refractivity contribution in [1.29, 1.82) is 0 Å². The van der Waals surface area contributed by atoms with E-state index in [0.717, 1.165) is 0 Å². The standard InChI is InChI=1S/C5H5N3O2.Na/c1-2-3-6-4(9)8-5(10)7-3;/h2H,1H2,(H2,6,7,8,9,10);/q;+1. The van der Waals surface area contributed by atoms with Gasteiger partial charge in [0.15, 0.2) is 0 Å². The summed E-state index contributed by atoms with van der Waals surface area (Å²) in [6.07, 6.45) is 1.29. The van der Waals surface area contributed by atoms with E-state index < -0.39 is 11.4 Å². The van der Waals surface area contributed by atoms with Crippen LogP contribution in [0.4, 0.5) is 0 Å². The average Bonchev–Trinajstić information content (AvgIpc) is 1.85. The van der Waals surface area contributed by atoms with Crippen LogP contribution in [0.2, 0.25) is 0 Å². The molecule has 1 heterocycles. The largest absolute Gasteiger partial charge is 1.00 e. The number of hydrogen-bond acceptors (Lipinski definition) is 3. The van der Waals surface area contributed by atoms with E-state index in [9.17, 15) is 9.59 Å². The molecule has 1 aromatic heterocycles. The van der Waals surface area contributed by atoms with Crippen molar-refractivity contribution in [3.8, 4) is 0 Å². The Morgan fingerprint density at radius 3 is 2.45 bits per heavy atom. The van der Waals surface area contributed by atoms with E-state index in [1.807, 2.05) is 4.98 Å². The summed E-state index contributed by atoms with van der Waals surface area (Å²) in [6.45, 7) is 3.33. The summed E-state index contributed by atoms with van der Waals surface area (Å²) < 4.78 is 0. The molecule has 11 heavy (non-hydrogen) atoms. The molecule has 1 rings (SSSR count). The Morgan fingerprint density at radius 2 is 2.00 bits per heavy atom. The fourth-order valence-corrected chi connectivity index (χ4v) is 0.507. The minimum Gasteiger partial charge on any atom is -0.292 e. The number of nitrogens with zero attached hydrogens (tertiary/aromatic N) is 1. The Hall–Kier alpha value is -0.650. The van der Waals surface area contributed by atoms with Gasteiger partial charge in [-0.1, -0.05) is 6.58 Å². The van der Waals surface area contributed by atoms with Gasteiger partial charge in [0.25, 0.3) is 0 Å². The van der Waals surface area contributed by atoms with Crippen LogP contribution in [0.5, 0.6) is 0 Å². The molecule has 0 bridgehead atoms. The van der Waals surface area contributed by atoms with Crippen LogP contribution in [0.3, 0.4) is 0 Å². The number of H-pyrrole nitrogens is 2. The molecule has 0 saturated carbocycles. The Labute approximate surface area is 83.9 Å². The number of aromatic amines is 2. The Balaban J connectivity index is 0.000001000. The van der Waals surface area contributed by atoms with Crippen molar-refractivity contribution in [2.45, 2.75) is 0 Å². The molecule has 5 nitrogen and oxygen atoms in total. The van der Waals surface area contributed by atoms with Gasteiger partial charge in [-0.25, -0.2) is 9.59 Å². The quantitative estimate of drug-likeness (QED) is 0.414. The van der Waals surface area contributed by atoms with Crippen molar-refractivity contribution in [1.82, 2.24) is 15.0 Å². The molecule has 0 amide bonds. The Kier molecular flexibility index (Phi) is 4.02. The van der Waals surface area contributed by atoms with Gasteiger partial charge in [0.05, 0.1) is 0 Å². The first-order valence-electron chi connectivity index (χ1n) is 2.55. The molecular formula is C5H5N3NaO2+. The van der Waals surface area contributed by atoms with Crippen molar-refractivity contribution in [2.24, 2.45) is 0 Å². The third-order valence-electron chi connectivity index (χ3n) is 0.877. The zero-order valence-electron chi connectivity index (χ0n) is 6.05. The van der Waals surface area contributed by atoms with E-state index in [0.29, 0.717) is 0 Å². The molecule has 0 atom stereocenters. The van der Waals surface area contributed by atoms with E-state index >= 15 is 0 Å². The molecule has 0 radical (unpaired) electrons. The molecule has 2 N–H and O–H groups in total. The number of hydrogen-bond donors (Lipinski definition) is 2. The predicted molar refractivity (Wildman–Crippen MR) is 35.6 cm³/mol. The Morgan fingerprint density at radius 1 is 1.36 bits per heavy atom. The molecule has 6 heteroatoms. The monoisotopic (exact) mass is 162 g/mol. The van der Waals surface area contributed by atoms with Crippen LogP contribution >= 0.6 is 0 Å². The maximum Gasteiger partial charge on any atom is 1.00 e. The minimum atomic E-state index is -0.668. The second-order valence-corrected chi connectivity index (χ2v) is 1.59. The molecule has 1 aromatic rings. The minimum absolute atomic E-state index is 0. The van der Waals surface area contributed by atoms with E-state index in [4.69, 9.17) is 0 Å². The van der Waals surface area contributed by atoms with E-state index in [1.54, 1.807) is 0 Å². The van der Waals surface area contributed by atoms with Gasteiger partial charge < -0.3 is 0 Å². The molecule has 0 saturated heterocycles. The summed E-state index contributed by atoms with van der Waals surface area (Å²) in [5, 5.41) is 0. The number of aromatic nitrogens is 3. The van der Waals surface area contributed by atoms with E-state index in [1.165, 1.54) is 6.08 Å². The van der Waals surface area contributed by atoms with Gasteiger partial charge in [-0.15, -0.1) is 0 Å². The molecule has 0 spiro atoms. The van der Waals surface area contributed by atoms with E-state index in [-0.39, 0.29) is 35.4 Å². The van der Waals surface area contributed by atoms with Crippen LogP contribution in [-0.2, 0) is 0 Å². The predicted octanol–water partition coefficient (Wildman–Crippen LogP) is -3.89. The zero-order valence-corrected chi connectivity index (χ0v) is 8.05. The smallest absolute Gasteiger partial charge is 0.292 e. The third kappa shape index (κ3) is 2.83. The average molecular weight is 162 g/mol. The third-order valence-corrected chi connectivity index (χ3v) is 0.877. The second kappa shape index (κ2) is 4.27. The first-order chi connectivity index (χ1) is 4.72. The SMILES string of the molecule is C=Cc1nc(=O)[nH]c(=O)[nH]1.[Na+]. The van der Waals surface area contributed by atoms with Gasteiger partial charge in [0.1, 0.15) is 5.82 Å². The fourth-order valence-electron chi connectivity index (χ4n) is 0.507.